The number of rotatable bonds is 4. The molecule has 0 aromatic carbocycles. The number of nitrogens with zero attached hydrogens (tertiary/aromatic N) is 2. The van der Waals surface area contributed by atoms with Crippen molar-refractivity contribution in [2.45, 2.75) is 19.4 Å². The lowest BCUT2D eigenvalue weighted by Crippen LogP contribution is -2.36. The van der Waals surface area contributed by atoms with Gasteiger partial charge in [-0.2, -0.15) is 0 Å². The molecule has 1 aliphatic heterocycles. The molecule has 0 spiro atoms. The van der Waals surface area contributed by atoms with Crippen molar-refractivity contribution in [1.29, 1.82) is 0 Å². The predicted molar refractivity (Wildman–Crippen MR) is 68.2 cm³/mol. The Balaban J connectivity index is 2.05. The summed E-state index contributed by atoms with van der Waals surface area (Å²) in [5.74, 6) is -0.614. The Hall–Kier alpha value is -2.38. The van der Waals surface area contributed by atoms with E-state index in [1.165, 1.54) is 28.7 Å². The number of likely N-dealkylation sites (tertiary alicyclic amines) is 1. The van der Waals surface area contributed by atoms with Crippen LogP contribution in [0.4, 0.5) is 0 Å². The van der Waals surface area contributed by atoms with Gasteiger partial charge in [-0.25, -0.2) is 4.79 Å². The van der Waals surface area contributed by atoms with Gasteiger partial charge in [-0.1, -0.05) is 0 Å². The number of hydrogen-bond donors (Lipinski definition) is 1. The van der Waals surface area contributed by atoms with E-state index >= 15 is 0 Å². The summed E-state index contributed by atoms with van der Waals surface area (Å²) < 4.78 is 6.00. The third-order valence-electron chi connectivity index (χ3n) is 3.12. The molecule has 1 aromatic rings. The summed E-state index contributed by atoms with van der Waals surface area (Å²) in [7, 11) is 0. The van der Waals surface area contributed by atoms with E-state index in [0.29, 0.717) is 19.5 Å². The number of H-pyrrole nitrogens is 1. The van der Waals surface area contributed by atoms with Crippen LogP contribution in [0.15, 0.2) is 21.9 Å². The highest BCUT2D eigenvalue weighted by molar-refractivity contribution is 5.82. The van der Waals surface area contributed by atoms with Gasteiger partial charge in [0, 0.05) is 25.7 Å². The van der Waals surface area contributed by atoms with Crippen molar-refractivity contribution in [1.82, 2.24) is 14.5 Å². The fourth-order valence-electron chi connectivity index (χ4n) is 2.17. The smallest absolute Gasteiger partial charge is 0.329 e. The van der Waals surface area contributed by atoms with Crippen molar-refractivity contribution in [3.8, 4) is 0 Å². The largest absolute Gasteiger partial charge is 0.464 e. The van der Waals surface area contributed by atoms with Gasteiger partial charge in [0.15, 0.2) is 0 Å². The molecule has 0 aliphatic carbocycles. The molecule has 0 saturated carbocycles. The Bertz CT molecular complexity index is 632. The molecule has 1 atom stereocenters. The molecule has 1 amide bonds. The molecular weight excluding hydrogens is 266 g/mol. The second kappa shape index (κ2) is 5.72. The molecule has 8 nitrogen and oxygen atoms in total. The van der Waals surface area contributed by atoms with Gasteiger partial charge < -0.3 is 9.64 Å². The maximum Gasteiger partial charge on any atom is 0.329 e. The first kappa shape index (κ1) is 14.0. The van der Waals surface area contributed by atoms with Gasteiger partial charge in [0.2, 0.25) is 5.91 Å². The van der Waals surface area contributed by atoms with Crippen LogP contribution >= 0.6 is 0 Å². The Morgan fingerprint density at radius 3 is 2.85 bits per heavy atom. The first-order valence-corrected chi connectivity index (χ1v) is 6.22. The summed E-state index contributed by atoms with van der Waals surface area (Å²) in [6.45, 7) is 2.21. The lowest BCUT2D eigenvalue weighted by Gasteiger charge is -2.16. The lowest BCUT2D eigenvalue weighted by molar-refractivity contribution is -0.143. The number of carbonyl (C=O) groups is 2. The predicted octanol–water partition coefficient (Wildman–Crippen LogP) is -1.13. The highest BCUT2D eigenvalue weighted by Gasteiger charge is 2.33. The minimum absolute atomic E-state index is 0.133. The highest BCUT2D eigenvalue weighted by atomic mass is 16.5. The summed E-state index contributed by atoms with van der Waals surface area (Å²) in [6, 6.07) is 0.590. The molecule has 1 N–H and O–H groups in total. The average molecular weight is 281 g/mol. The van der Waals surface area contributed by atoms with Gasteiger partial charge in [0.1, 0.15) is 12.6 Å². The van der Waals surface area contributed by atoms with Crippen molar-refractivity contribution < 1.29 is 14.3 Å². The molecule has 1 unspecified atom stereocenters. The summed E-state index contributed by atoms with van der Waals surface area (Å²) in [5, 5.41) is 0. The molecule has 0 bridgehead atoms. The highest BCUT2D eigenvalue weighted by Crippen LogP contribution is 2.20. The van der Waals surface area contributed by atoms with Crippen LogP contribution in [0.5, 0.6) is 0 Å². The fourth-order valence-corrected chi connectivity index (χ4v) is 2.17. The summed E-state index contributed by atoms with van der Waals surface area (Å²) in [5.41, 5.74) is -1.10. The second-order valence-corrected chi connectivity index (χ2v) is 4.49. The number of hydrogen-bond acceptors (Lipinski definition) is 5. The summed E-state index contributed by atoms with van der Waals surface area (Å²) >= 11 is 0. The van der Waals surface area contributed by atoms with E-state index < -0.39 is 23.3 Å². The van der Waals surface area contributed by atoms with Crippen LogP contribution in [0.2, 0.25) is 0 Å². The molecule has 2 rings (SSSR count). The second-order valence-electron chi connectivity index (χ2n) is 4.49. The van der Waals surface area contributed by atoms with Crippen LogP contribution in [0.25, 0.3) is 0 Å². The minimum atomic E-state index is -0.614. The number of aromatic amines is 1. The van der Waals surface area contributed by atoms with Crippen LogP contribution < -0.4 is 11.2 Å². The lowest BCUT2D eigenvalue weighted by atomic mass is 10.2. The topological polar surface area (TPSA) is 101 Å². The summed E-state index contributed by atoms with van der Waals surface area (Å²) in [6.07, 6.45) is 1.80. The van der Waals surface area contributed by atoms with Crippen molar-refractivity contribution in [2.24, 2.45) is 0 Å². The van der Waals surface area contributed by atoms with E-state index in [2.05, 4.69) is 4.98 Å². The maximum absolute atomic E-state index is 12.2. The zero-order valence-corrected chi connectivity index (χ0v) is 11.0. The van der Waals surface area contributed by atoms with Crippen molar-refractivity contribution in [2.75, 3.05) is 19.7 Å². The van der Waals surface area contributed by atoms with E-state index in [1.807, 2.05) is 0 Å². The number of ether oxygens (including phenoxy) is 1. The Morgan fingerprint density at radius 1 is 1.45 bits per heavy atom. The van der Waals surface area contributed by atoms with Crippen molar-refractivity contribution in [3.05, 3.63) is 33.1 Å². The monoisotopic (exact) mass is 281 g/mol. The number of carbonyl (C=O) groups excluding carboxylic acids is 2. The van der Waals surface area contributed by atoms with Crippen LogP contribution in [0.1, 0.15) is 19.4 Å². The van der Waals surface area contributed by atoms with Gasteiger partial charge in [0.05, 0.1) is 6.54 Å². The van der Waals surface area contributed by atoms with Crippen molar-refractivity contribution in [3.63, 3.8) is 0 Å². The fraction of sp³-hybridized carbons (Fsp3) is 0.500. The van der Waals surface area contributed by atoms with E-state index in [1.54, 1.807) is 0 Å². The molecule has 1 fully saturated rings. The molecule has 20 heavy (non-hydrogen) atoms. The third-order valence-corrected chi connectivity index (χ3v) is 3.12. The molecule has 1 aromatic heterocycles. The van der Waals surface area contributed by atoms with Gasteiger partial charge >= 0.3 is 11.7 Å². The quantitative estimate of drug-likeness (QED) is 0.704. The molecule has 2 heterocycles. The third kappa shape index (κ3) is 2.95. The SMILES string of the molecule is CC(=O)OCCN1CCC(n2ccc(=O)[nH]c2=O)C1=O. The van der Waals surface area contributed by atoms with E-state index in [9.17, 15) is 19.2 Å². The molecule has 8 heteroatoms. The number of aromatic nitrogens is 2. The Kier molecular flexibility index (Phi) is 4.02. The van der Waals surface area contributed by atoms with E-state index in [4.69, 9.17) is 4.74 Å². The minimum Gasteiger partial charge on any atom is -0.464 e. The molecular formula is C12H15N3O5. The van der Waals surface area contributed by atoms with Gasteiger partial charge in [-0.3, -0.25) is 23.9 Å². The van der Waals surface area contributed by atoms with E-state index in [-0.39, 0.29) is 12.5 Å². The zero-order valence-electron chi connectivity index (χ0n) is 11.0. The van der Waals surface area contributed by atoms with Crippen LogP contribution in [0, 0.1) is 0 Å². The molecule has 1 aliphatic rings. The van der Waals surface area contributed by atoms with Gasteiger partial charge in [-0.05, 0) is 6.42 Å². The first-order valence-electron chi connectivity index (χ1n) is 6.22. The van der Waals surface area contributed by atoms with Crippen LogP contribution in [0.3, 0.4) is 0 Å². The van der Waals surface area contributed by atoms with Crippen LogP contribution in [-0.4, -0.2) is 46.0 Å². The molecule has 108 valence electrons. The zero-order chi connectivity index (χ0) is 14.7. The Labute approximate surface area is 114 Å². The van der Waals surface area contributed by atoms with Gasteiger partial charge in [-0.15, -0.1) is 0 Å². The number of nitrogens with one attached hydrogen (secondary N) is 1. The normalized spacial score (nSPS) is 18.4. The average Bonchev–Trinajstić information content (AvgIpc) is 2.71. The summed E-state index contributed by atoms with van der Waals surface area (Å²) in [4.78, 5) is 49.1. The van der Waals surface area contributed by atoms with Crippen LogP contribution in [-0.2, 0) is 14.3 Å². The maximum atomic E-state index is 12.2. The number of amides is 1. The molecule has 1 saturated heterocycles. The van der Waals surface area contributed by atoms with Gasteiger partial charge in [0.25, 0.3) is 5.56 Å². The number of esters is 1. The Morgan fingerprint density at radius 2 is 2.20 bits per heavy atom. The van der Waals surface area contributed by atoms with Crippen molar-refractivity contribution >= 4 is 11.9 Å². The van der Waals surface area contributed by atoms with E-state index in [0.717, 1.165) is 0 Å². The standard InChI is InChI=1S/C12H15N3O5/c1-8(16)20-7-6-14-4-2-9(11(14)18)15-5-3-10(17)13-12(15)19/h3,5,9H,2,4,6-7H2,1H3,(H,13,17,19). The molecule has 0 radical (unpaired) electrons. The first-order chi connectivity index (χ1) is 9.49.